The molecule has 0 saturated carbocycles. The van der Waals surface area contributed by atoms with Gasteiger partial charge in [0, 0.05) is 16.4 Å². The van der Waals surface area contributed by atoms with Gasteiger partial charge in [-0.05, 0) is 31.2 Å². The maximum absolute atomic E-state index is 12.7. The van der Waals surface area contributed by atoms with E-state index < -0.39 is 0 Å². The van der Waals surface area contributed by atoms with Crippen molar-refractivity contribution in [3.8, 4) is 0 Å². The Kier molecular flexibility index (Phi) is 4.92. The van der Waals surface area contributed by atoms with E-state index in [0.717, 1.165) is 28.9 Å². The molecule has 1 aromatic carbocycles. The summed E-state index contributed by atoms with van der Waals surface area (Å²) < 4.78 is 0. The zero-order valence-electron chi connectivity index (χ0n) is 15.4. The van der Waals surface area contributed by atoms with Crippen LogP contribution in [0.25, 0.3) is 10.2 Å². The maximum Gasteiger partial charge on any atom is 0.260 e. The summed E-state index contributed by atoms with van der Waals surface area (Å²) in [6, 6.07) is 10.9. The molecule has 0 spiro atoms. The van der Waals surface area contributed by atoms with Gasteiger partial charge in [0.05, 0.1) is 5.39 Å². The summed E-state index contributed by atoms with van der Waals surface area (Å²) in [7, 11) is 0. The summed E-state index contributed by atoms with van der Waals surface area (Å²) in [6.45, 7) is 5.16. The molecule has 0 unspecified atom stereocenters. The largest absolute Gasteiger partial charge is 0.334 e. The van der Waals surface area contributed by atoms with E-state index in [1.165, 1.54) is 28.8 Å². The van der Waals surface area contributed by atoms with Gasteiger partial charge in [0.15, 0.2) is 5.82 Å². The van der Waals surface area contributed by atoms with Crippen molar-refractivity contribution in [3.05, 3.63) is 62.5 Å². The molecule has 0 amide bonds. The molecule has 0 bridgehead atoms. The van der Waals surface area contributed by atoms with E-state index in [-0.39, 0.29) is 5.56 Å². The third-order valence-corrected chi connectivity index (χ3v) is 6.53. The number of rotatable bonds is 5. The quantitative estimate of drug-likeness (QED) is 0.726. The molecule has 0 fully saturated rings. The molecule has 1 aliphatic carbocycles. The second-order valence-electron chi connectivity index (χ2n) is 7.52. The fourth-order valence-electron chi connectivity index (χ4n) is 4.01. The molecule has 1 atom stereocenters. The summed E-state index contributed by atoms with van der Waals surface area (Å²) in [5, 5.41) is 3.13. The average Bonchev–Trinajstić information content (AvgIpc) is 3.01. The van der Waals surface area contributed by atoms with Crippen molar-refractivity contribution in [1.82, 2.24) is 9.97 Å². The minimum Gasteiger partial charge on any atom is -0.334 e. The van der Waals surface area contributed by atoms with Gasteiger partial charge in [-0.3, -0.25) is 4.79 Å². The lowest BCUT2D eigenvalue weighted by molar-refractivity contribution is -0.718. The van der Waals surface area contributed by atoms with Crippen molar-refractivity contribution < 1.29 is 5.32 Å². The third-order valence-electron chi connectivity index (χ3n) is 5.34. The number of hydrogen-bond acceptors (Lipinski definition) is 3. The number of benzene rings is 1. The molecule has 3 aromatic rings. The molecule has 0 saturated heterocycles. The highest BCUT2D eigenvalue weighted by Crippen LogP contribution is 2.33. The van der Waals surface area contributed by atoms with Crippen LogP contribution < -0.4 is 10.9 Å². The first-order chi connectivity index (χ1) is 12.6. The van der Waals surface area contributed by atoms with Crippen molar-refractivity contribution in [2.75, 3.05) is 0 Å². The van der Waals surface area contributed by atoms with E-state index in [1.54, 1.807) is 11.3 Å². The van der Waals surface area contributed by atoms with Crippen LogP contribution in [0.4, 0.5) is 0 Å². The van der Waals surface area contributed by atoms with Gasteiger partial charge in [0.2, 0.25) is 0 Å². The van der Waals surface area contributed by atoms with Crippen LogP contribution in [-0.4, -0.2) is 9.97 Å². The van der Waals surface area contributed by atoms with Crippen LogP contribution in [0.3, 0.4) is 0 Å². The standard InChI is InChI=1S/C21H25N3OS/c1-13(2)19(14-8-4-3-5-9-14)22-12-17-23-20(25)18-15-10-6-7-11-16(15)26-21(18)24-17/h3-5,8-9,13,19,22H,6-7,10-12H2,1-2H3,(H,23,24,25)/p+1/t19-/m0/s1. The number of nitrogens with zero attached hydrogens (tertiary/aromatic N) is 1. The molecule has 2 heterocycles. The molecule has 0 radical (unpaired) electrons. The van der Waals surface area contributed by atoms with Gasteiger partial charge in [0.1, 0.15) is 17.4 Å². The topological polar surface area (TPSA) is 62.4 Å². The van der Waals surface area contributed by atoms with Crippen molar-refractivity contribution in [1.29, 1.82) is 0 Å². The number of quaternary nitrogens is 1. The molecule has 3 N–H and O–H groups in total. The number of nitrogens with two attached hydrogens (primary N) is 1. The van der Waals surface area contributed by atoms with Gasteiger partial charge < -0.3 is 10.3 Å². The number of hydrogen-bond donors (Lipinski definition) is 2. The first kappa shape index (κ1) is 17.4. The van der Waals surface area contributed by atoms with Crippen LogP contribution >= 0.6 is 11.3 Å². The average molecular weight is 369 g/mol. The number of aryl methyl sites for hydroxylation is 2. The maximum atomic E-state index is 12.7. The molecule has 136 valence electrons. The number of nitrogens with one attached hydrogen (secondary N) is 1. The highest BCUT2D eigenvalue weighted by atomic mass is 32.1. The smallest absolute Gasteiger partial charge is 0.260 e. The number of aromatic nitrogens is 2. The second-order valence-corrected chi connectivity index (χ2v) is 8.61. The molecule has 2 aromatic heterocycles. The van der Waals surface area contributed by atoms with Gasteiger partial charge in [-0.15, -0.1) is 11.3 Å². The highest BCUT2D eigenvalue weighted by molar-refractivity contribution is 7.18. The van der Waals surface area contributed by atoms with E-state index in [9.17, 15) is 4.79 Å². The number of fused-ring (bicyclic) bond motifs is 3. The van der Waals surface area contributed by atoms with Gasteiger partial charge in [-0.25, -0.2) is 4.98 Å². The van der Waals surface area contributed by atoms with Crippen molar-refractivity contribution in [2.24, 2.45) is 5.92 Å². The van der Waals surface area contributed by atoms with E-state index in [2.05, 4.69) is 48.4 Å². The normalized spacial score (nSPS) is 15.3. The van der Waals surface area contributed by atoms with Crippen LogP contribution in [0.5, 0.6) is 0 Å². The minimum atomic E-state index is 0.0404. The zero-order chi connectivity index (χ0) is 18.1. The highest BCUT2D eigenvalue weighted by Gasteiger charge is 2.22. The van der Waals surface area contributed by atoms with Gasteiger partial charge in [-0.2, -0.15) is 0 Å². The van der Waals surface area contributed by atoms with Gasteiger partial charge in [-0.1, -0.05) is 44.2 Å². The SMILES string of the molecule is CC(C)[C@H]([NH2+]Cc1nc2sc3c(c2c(=O)[nH]1)CCCC3)c1ccccc1. The Morgan fingerprint density at radius 3 is 2.73 bits per heavy atom. The van der Waals surface area contributed by atoms with Crippen molar-refractivity contribution in [3.63, 3.8) is 0 Å². The Morgan fingerprint density at radius 1 is 1.19 bits per heavy atom. The van der Waals surface area contributed by atoms with Crippen molar-refractivity contribution in [2.45, 2.75) is 52.1 Å². The van der Waals surface area contributed by atoms with Crippen molar-refractivity contribution >= 4 is 21.6 Å². The van der Waals surface area contributed by atoms with E-state index in [0.29, 0.717) is 18.5 Å². The molecule has 5 heteroatoms. The van der Waals surface area contributed by atoms with E-state index in [1.807, 2.05) is 6.07 Å². The fraction of sp³-hybridized carbons (Fsp3) is 0.429. The third kappa shape index (κ3) is 3.33. The Balaban J connectivity index is 1.60. The number of H-pyrrole nitrogens is 1. The molecule has 4 nitrogen and oxygen atoms in total. The Morgan fingerprint density at radius 2 is 1.96 bits per heavy atom. The summed E-state index contributed by atoms with van der Waals surface area (Å²) in [5.74, 6) is 1.28. The lowest BCUT2D eigenvalue weighted by Gasteiger charge is -2.19. The minimum absolute atomic E-state index is 0.0404. The summed E-state index contributed by atoms with van der Waals surface area (Å²) in [5.41, 5.74) is 2.61. The molecule has 0 aliphatic heterocycles. The molecule has 4 rings (SSSR count). The molecule has 1 aliphatic rings. The summed E-state index contributed by atoms with van der Waals surface area (Å²) in [4.78, 5) is 22.8. The van der Waals surface area contributed by atoms with Crippen LogP contribution in [0.1, 0.15) is 54.6 Å². The number of aromatic amines is 1. The Bertz CT molecular complexity index is 959. The fourth-order valence-corrected chi connectivity index (χ4v) is 5.29. The molecular formula is C21H26N3OS+. The summed E-state index contributed by atoms with van der Waals surface area (Å²) in [6.07, 6.45) is 4.53. The van der Waals surface area contributed by atoms with E-state index >= 15 is 0 Å². The first-order valence-electron chi connectivity index (χ1n) is 9.55. The molecule has 26 heavy (non-hydrogen) atoms. The monoisotopic (exact) mass is 368 g/mol. The van der Waals surface area contributed by atoms with Crippen LogP contribution in [0.2, 0.25) is 0 Å². The van der Waals surface area contributed by atoms with Crippen LogP contribution in [0, 0.1) is 5.92 Å². The second kappa shape index (κ2) is 7.33. The lowest BCUT2D eigenvalue weighted by atomic mass is 9.96. The Hall–Kier alpha value is -1.98. The summed E-state index contributed by atoms with van der Waals surface area (Å²) >= 11 is 1.72. The van der Waals surface area contributed by atoms with Gasteiger partial charge >= 0.3 is 0 Å². The predicted molar refractivity (Wildman–Crippen MR) is 107 cm³/mol. The predicted octanol–water partition coefficient (Wildman–Crippen LogP) is 3.32. The lowest BCUT2D eigenvalue weighted by Crippen LogP contribution is -2.85. The number of thiophene rings is 1. The first-order valence-corrected chi connectivity index (χ1v) is 10.4. The molecular weight excluding hydrogens is 342 g/mol. The van der Waals surface area contributed by atoms with Gasteiger partial charge in [0.25, 0.3) is 5.56 Å². The van der Waals surface area contributed by atoms with Crippen LogP contribution in [-0.2, 0) is 19.4 Å². The van der Waals surface area contributed by atoms with Crippen LogP contribution in [0.15, 0.2) is 35.1 Å². The van der Waals surface area contributed by atoms with E-state index in [4.69, 9.17) is 4.98 Å². The zero-order valence-corrected chi connectivity index (χ0v) is 16.2. The Labute approximate surface area is 157 Å².